The number of rotatable bonds is 7. The van der Waals surface area contributed by atoms with Crippen molar-refractivity contribution in [2.24, 2.45) is 5.92 Å². The van der Waals surface area contributed by atoms with E-state index < -0.39 is 0 Å². The van der Waals surface area contributed by atoms with Gasteiger partial charge in [-0.05, 0) is 43.9 Å². The van der Waals surface area contributed by atoms with E-state index in [0.717, 1.165) is 35.5 Å². The minimum absolute atomic E-state index is 0.233. The van der Waals surface area contributed by atoms with Crippen LogP contribution in [0.25, 0.3) is 0 Å². The largest absolute Gasteiger partial charge is 0.296 e. The molecule has 3 heteroatoms. The molecule has 0 heterocycles. The molecule has 1 aliphatic rings. The number of nitrogens with zero attached hydrogens (tertiary/aromatic N) is 1. The highest BCUT2D eigenvalue weighted by Gasteiger charge is 2.25. The van der Waals surface area contributed by atoms with Crippen molar-refractivity contribution in [3.63, 3.8) is 0 Å². The molecule has 2 rings (SSSR count). The quantitative estimate of drug-likeness (QED) is 0.715. The first-order valence-corrected chi connectivity index (χ1v) is 7.49. The molecule has 98 valence electrons. The molecule has 1 aromatic carbocycles. The fourth-order valence-electron chi connectivity index (χ4n) is 2.15. The third kappa shape index (κ3) is 4.21. The van der Waals surface area contributed by atoms with Crippen LogP contribution in [0.1, 0.15) is 36.5 Å². The summed E-state index contributed by atoms with van der Waals surface area (Å²) in [6.07, 6.45) is 3.79. The van der Waals surface area contributed by atoms with E-state index in [0.29, 0.717) is 6.54 Å². The first-order chi connectivity index (χ1) is 8.69. The first-order valence-electron chi connectivity index (χ1n) is 6.70. The second-order valence-corrected chi connectivity index (χ2v) is 6.02. The molecule has 0 spiro atoms. The van der Waals surface area contributed by atoms with Crippen LogP contribution in [-0.2, 0) is 0 Å². The fourth-order valence-corrected chi connectivity index (χ4v) is 2.41. The molecular formula is C15H20BrNO. The summed E-state index contributed by atoms with van der Waals surface area (Å²) >= 11 is 3.39. The number of carbonyl (C=O) groups excluding carboxylic acids is 1. The van der Waals surface area contributed by atoms with Crippen LogP contribution in [0.2, 0.25) is 0 Å². The molecule has 1 aromatic rings. The number of benzene rings is 1. The van der Waals surface area contributed by atoms with Gasteiger partial charge in [0.25, 0.3) is 0 Å². The Morgan fingerprint density at radius 1 is 1.33 bits per heavy atom. The van der Waals surface area contributed by atoms with E-state index >= 15 is 0 Å². The third-order valence-electron chi connectivity index (χ3n) is 3.29. The monoisotopic (exact) mass is 309 g/mol. The minimum atomic E-state index is 0.233. The topological polar surface area (TPSA) is 20.3 Å². The van der Waals surface area contributed by atoms with E-state index in [1.165, 1.54) is 12.8 Å². The summed E-state index contributed by atoms with van der Waals surface area (Å²) in [5, 5.41) is 0. The third-order valence-corrected chi connectivity index (χ3v) is 3.82. The smallest absolute Gasteiger partial charge is 0.176 e. The summed E-state index contributed by atoms with van der Waals surface area (Å²) in [7, 11) is 0. The minimum Gasteiger partial charge on any atom is -0.296 e. The van der Waals surface area contributed by atoms with Crippen molar-refractivity contribution in [3.8, 4) is 0 Å². The van der Waals surface area contributed by atoms with Gasteiger partial charge in [-0.1, -0.05) is 35.0 Å². The molecule has 1 fully saturated rings. The highest BCUT2D eigenvalue weighted by atomic mass is 79.9. The lowest BCUT2D eigenvalue weighted by atomic mass is 10.1. The maximum absolute atomic E-state index is 12.2. The number of carbonyl (C=O) groups is 1. The molecular weight excluding hydrogens is 290 g/mol. The summed E-state index contributed by atoms with van der Waals surface area (Å²) in [6.45, 7) is 4.85. The Hall–Kier alpha value is -0.670. The van der Waals surface area contributed by atoms with Gasteiger partial charge in [-0.2, -0.15) is 0 Å². The SMILES string of the molecule is CCCN(CC(=O)c1ccc(Br)cc1)CC1CC1. The lowest BCUT2D eigenvalue weighted by molar-refractivity contribution is 0.0927. The molecule has 0 aliphatic heterocycles. The van der Waals surface area contributed by atoms with E-state index in [1.54, 1.807) is 0 Å². The standard InChI is InChI=1S/C15H20BrNO/c1-2-9-17(10-12-3-4-12)11-15(18)13-5-7-14(16)8-6-13/h5-8,12H,2-4,9-11H2,1H3. The van der Waals surface area contributed by atoms with E-state index in [1.807, 2.05) is 24.3 Å². The Morgan fingerprint density at radius 3 is 2.56 bits per heavy atom. The Labute approximate surface area is 117 Å². The van der Waals surface area contributed by atoms with Gasteiger partial charge in [-0.25, -0.2) is 0 Å². The summed E-state index contributed by atoms with van der Waals surface area (Å²) in [4.78, 5) is 14.5. The van der Waals surface area contributed by atoms with Crippen LogP contribution in [0, 0.1) is 5.92 Å². The van der Waals surface area contributed by atoms with Crippen molar-refractivity contribution in [1.82, 2.24) is 4.90 Å². The average Bonchev–Trinajstić information content (AvgIpc) is 3.14. The van der Waals surface area contributed by atoms with Gasteiger partial charge in [0.1, 0.15) is 0 Å². The molecule has 18 heavy (non-hydrogen) atoms. The van der Waals surface area contributed by atoms with Crippen molar-refractivity contribution in [3.05, 3.63) is 34.3 Å². The molecule has 2 nitrogen and oxygen atoms in total. The summed E-state index contributed by atoms with van der Waals surface area (Å²) < 4.78 is 1.02. The van der Waals surface area contributed by atoms with Crippen LogP contribution in [0.3, 0.4) is 0 Å². The van der Waals surface area contributed by atoms with Crippen LogP contribution in [0.5, 0.6) is 0 Å². The molecule has 0 atom stereocenters. The van der Waals surface area contributed by atoms with Crippen molar-refractivity contribution in [1.29, 1.82) is 0 Å². The zero-order chi connectivity index (χ0) is 13.0. The van der Waals surface area contributed by atoms with Crippen LogP contribution >= 0.6 is 15.9 Å². The fraction of sp³-hybridized carbons (Fsp3) is 0.533. The summed E-state index contributed by atoms with van der Waals surface area (Å²) in [6, 6.07) is 7.65. The van der Waals surface area contributed by atoms with E-state index in [9.17, 15) is 4.79 Å². The normalized spacial score (nSPS) is 15.1. The number of ketones is 1. The molecule has 0 radical (unpaired) electrons. The van der Waals surface area contributed by atoms with E-state index in [2.05, 4.69) is 27.8 Å². The van der Waals surface area contributed by atoms with Crippen molar-refractivity contribution >= 4 is 21.7 Å². The van der Waals surface area contributed by atoms with E-state index in [-0.39, 0.29) is 5.78 Å². The number of Topliss-reactive ketones (excluding diaryl/α,β-unsaturated/α-hetero) is 1. The average molecular weight is 310 g/mol. The van der Waals surface area contributed by atoms with Crippen LogP contribution in [0.15, 0.2) is 28.7 Å². The molecule has 0 unspecified atom stereocenters. The first kappa shape index (κ1) is 13.8. The van der Waals surface area contributed by atoms with Crippen molar-refractivity contribution in [2.45, 2.75) is 26.2 Å². The highest BCUT2D eigenvalue weighted by Crippen LogP contribution is 2.29. The molecule has 0 bridgehead atoms. The van der Waals surface area contributed by atoms with Crippen molar-refractivity contribution < 1.29 is 4.79 Å². The maximum Gasteiger partial charge on any atom is 0.176 e. The van der Waals surface area contributed by atoms with Gasteiger partial charge in [-0.15, -0.1) is 0 Å². The predicted molar refractivity (Wildman–Crippen MR) is 77.9 cm³/mol. The predicted octanol–water partition coefficient (Wildman–Crippen LogP) is 3.75. The molecule has 0 amide bonds. The molecule has 0 N–H and O–H groups in total. The second-order valence-electron chi connectivity index (χ2n) is 5.11. The molecule has 0 aromatic heterocycles. The summed E-state index contributed by atoms with van der Waals surface area (Å²) in [5.74, 6) is 1.07. The van der Waals surface area contributed by atoms with Crippen LogP contribution < -0.4 is 0 Å². The maximum atomic E-state index is 12.2. The number of hydrogen-bond donors (Lipinski definition) is 0. The lowest BCUT2D eigenvalue weighted by Gasteiger charge is -2.20. The molecule has 1 saturated carbocycles. The number of halogens is 1. The van der Waals surface area contributed by atoms with Gasteiger partial charge in [-0.3, -0.25) is 9.69 Å². The Bertz CT molecular complexity index is 397. The van der Waals surface area contributed by atoms with Gasteiger partial charge in [0.2, 0.25) is 0 Å². The highest BCUT2D eigenvalue weighted by molar-refractivity contribution is 9.10. The van der Waals surface area contributed by atoms with Crippen molar-refractivity contribution in [2.75, 3.05) is 19.6 Å². The zero-order valence-corrected chi connectivity index (χ0v) is 12.4. The second kappa shape index (κ2) is 6.48. The van der Waals surface area contributed by atoms with E-state index in [4.69, 9.17) is 0 Å². The van der Waals surface area contributed by atoms with Gasteiger partial charge in [0.05, 0.1) is 6.54 Å². The molecule has 0 saturated heterocycles. The lowest BCUT2D eigenvalue weighted by Crippen LogP contribution is -2.32. The Kier molecular flexibility index (Phi) is 4.95. The molecule has 1 aliphatic carbocycles. The van der Waals surface area contributed by atoms with Gasteiger partial charge >= 0.3 is 0 Å². The number of hydrogen-bond acceptors (Lipinski definition) is 2. The van der Waals surface area contributed by atoms with Gasteiger partial charge in [0.15, 0.2) is 5.78 Å². The summed E-state index contributed by atoms with van der Waals surface area (Å²) in [5.41, 5.74) is 0.815. The van der Waals surface area contributed by atoms with Crippen LogP contribution in [-0.4, -0.2) is 30.3 Å². The van der Waals surface area contributed by atoms with Gasteiger partial charge < -0.3 is 0 Å². The Balaban J connectivity index is 1.92. The zero-order valence-electron chi connectivity index (χ0n) is 10.9. The van der Waals surface area contributed by atoms with Gasteiger partial charge in [0, 0.05) is 16.6 Å². The van der Waals surface area contributed by atoms with Crippen LogP contribution in [0.4, 0.5) is 0 Å². The Morgan fingerprint density at radius 2 is 2.00 bits per heavy atom.